The molecule has 1 amide bonds. The van der Waals surface area contributed by atoms with Gasteiger partial charge in [-0.3, -0.25) is 14.9 Å². The fraction of sp³-hybridized carbons (Fsp3) is 0.600. The number of thioether (sulfide) groups is 1. The van der Waals surface area contributed by atoms with Gasteiger partial charge < -0.3 is 4.90 Å². The minimum Gasteiger partial charge on any atom is -0.328 e. The normalized spacial score (nSPS) is 19.7. The summed E-state index contributed by atoms with van der Waals surface area (Å²) < 4.78 is 1.07. The zero-order valence-electron chi connectivity index (χ0n) is 30.1. The summed E-state index contributed by atoms with van der Waals surface area (Å²) >= 11 is 5.30. The van der Waals surface area contributed by atoms with Crippen molar-refractivity contribution in [3.63, 3.8) is 0 Å². The van der Waals surface area contributed by atoms with Crippen LogP contribution in [-0.4, -0.2) is 34.6 Å². The lowest BCUT2D eigenvalue weighted by molar-refractivity contribution is -0.136. The van der Waals surface area contributed by atoms with Gasteiger partial charge in [0.2, 0.25) is 0 Å². The van der Waals surface area contributed by atoms with Gasteiger partial charge in [-0.1, -0.05) is 125 Å². The molecule has 6 atom stereocenters. The first-order chi connectivity index (χ1) is 21.8. The molecule has 0 aromatic heterocycles. The fourth-order valence-corrected chi connectivity index (χ4v) is 8.43. The van der Waals surface area contributed by atoms with Crippen molar-refractivity contribution < 1.29 is 9.59 Å². The number of benzene rings is 2. The molecule has 1 saturated heterocycles. The predicted molar refractivity (Wildman–Crippen MR) is 201 cm³/mol. The maximum atomic E-state index is 14.6. The Morgan fingerprint density at radius 3 is 2.17 bits per heavy atom. The first kappa shape index (κ1) is 38.6. The number of likely N-dealkylation sites (tertiary alicyclic amines) is 1. The van der Waals surface area contributed by atoms with Crippen LogP contribution >= 0.6 is 27.7 Å². The Morgan fingerprint density at radius 2 is 1.63 bits per heavy atom. The minimum atomic E-state index is -0.414. The molecule has 1 fully saturated rings. The predicted octanol–water partition coefficient (Wildman–Crippen LogP) is 10.8. The van der Waals surface area contributed by atoms with Crippen molar-refractivity contribution in [3.8, 4) is 0 Å². The Labute approximate surface area is 293 Å². The number of carbonyl (C=O) groups is 2. The van der Waals surface area contributed by atoms with Crippen molar-refractivity contribution in [2.75, 3.05) is 6.54 Å². The number of aryl methyl sites for hydroxylation is 1. The maximum Gasteiger partial charge on any atom is 0.260 e. The van der Waals surface area contributed by atoms with Crippen molar-refractivity contribution in [1.29, 1.82) is 0 Å². The van der Waals surface area contributed by atoms with Crippen LogP contribution in [-0.2, 0) is 15.1 Å². The smallest absolute Gasteiger partial charge is 0.260 e. The van der Waals surface area contributed by atoms with Gasteiger partial charge in [0.1, 0.15) is 0 Å². The molecule has 1 aliphatic heterocycles. The quantitative estimate of drug-likeness (QED) is 0.139. The van der Waals surface area contributed by atoms with Crippen LogP contribution in [0.4, 0.5) is 0 Å². The Morgan fingerprint density at radius 1 is 1.00 bits per heavy atom. The van der Waals surface area contributed by atoms with E-state index in [4.69, 9.17) is 0 Å². The van der Waals surface area contributed by atoms with E-state index < -0.39 is 5.54 Å². The highest BCUT2D eigenvalue weighted by atomic mass is 79.9. The van der Waals surface area contributed by atoms with Crippen LogP contribution in [0.2, 0.25) is 0 Å². The zero-order chi connectivity index (χ0) is 34.2. The second kappa shape index (κ2) is 17.5. The Balaban J connectivity index is 2.06. The average Bonchev–Trinajstić information content (AvgIpc) is 3.54. The molecule has 1 N–H and O–H groups in total. The van der Waals surface area contributed by atoms with Gasteiger partial charge in [-0.05, 0) is 81.5 Å². The molecular formula is C40H59BrN2O2S. The molecule has 0 aliphatic carbocycles. The van der Waals surface area contributed by atoms with Crippen LogP contribution in [0.1, 0.15) is 123 Å². The highest BCUT2D eigenvalue weighted by molar-refractivity contribution is 9.10. The van der Waals surface area contributed by atoms with Gasteiger partial charge in [0.25, 0.3) is 5.91 Å². The first-order valence-electron chi connectivity index (χ1n) is 17.6. The van der Waals surface area contributed by atoms with Crippen molar-refractivity contribution in [2.45, 2.75) is 131 Å². The highest BCUT2D eigenvalue weighted by Gasteiger charge is 2.41. The Hall–Kier alpha value is -1.89. The molecule has 254 valence electrons. The molecule has 4 nitrogen and oxygen atoms in total. The van der Waals surface area contributed by atoms with E-state index in [1.165, 1.54) is 16.7 Å². The number of hydrogen-bond donors (Lipinski definition) is 1. The van der Waals surface area contributed by atoms with Gasteiger partial charge in [0.15, 0.2) is 5.78 Å². The van der Waals surface area contributed by atoms with Crippen molar-refractivity contribution in [2.24, 2.45) is 17.8 Å². The van der Waals surface area contributed by atoms with Crippen molar-refractivity contribution >= 4 is 39.4 Å². The van der Waals surface area contributed by atoms with Crippen LogP contribution in [0, 0.1) is 24.7 Å². The van der Waals surface area contributed by atoms with Crippen LogP contribution in [0.25, 0.3) is 0 Å². The largest absolute Gasteiger partial charge is 0.328 e. The zero-order valence-corrected chi connectivity index (χ0v) is 32.5. The van der Waals surface area contributed by atoms with Gasteiger partial charge in [0, 0.05) is 28.4 Å². The molecule has 46 heavy (non-hydrogen) atoms. The third-order valence-electron chi connectivity index (χ3n) is 10.5. The Bertz CT molecular complexity index is 1320. The van der Waals surface area contributed by atoms with Gasteiger partial charge in [-0.25, -0.2) is 0 Å². The summed E-state index contributed by atoms with van der Waals surface area (Å²) in [7, 11) is 0. The third-order valence-corrected chi connectivity index (χ3v) is 12.6. The van der Waals surface area contributed by atoms with Crippen LogP contribution in [0.3, 0.4) is 0 Å². The van der Waals surface area contributed by atoms with E-state index in [-0.39, 0.29) is 40.9 Å². The number of hydrogen-bond acceptors (Lipinski definition) is 4. The molecule has 0 spiro atoms. The fourth-order valence-electron chi connectivity index (χ4n) is 6.55. The lowest BCUT2D eigenvalue weighted by Crippen LogP contribution is -2.50. The lowest BCUT2D eigenvalue weighted by Gasteiger charge is -2.43. The summed E-state index contributed by atoms with van der Waals surface area (Å²) in [6.45, 7) is 22.6. The monoisotopic (exact) mass is 710 g/mol. The van der Waals surface area contributed by atoms with Gasteiger partial charge >= 0.3 is 0 Å². The highest BCUT2D eigenvalue weighted by Crippen LogP contribution is 2.42. The number of nitrogens with one attached hydrogen (secondary N) is 1. The topological polar surface area (TPSA) is 49.4 Å². The van der Waals surface area contributed by atoms with Gasteiger partial charge in [-0.2, -0.15) is 0 Å². The third kappa shape index (κ3) is 9.17. The van der Waals surface area contributed by atoms with E-state index in [9.17, 15) is 9.59 Å². The maximum absolute atomic E-state index is 14.6. The molecule has 2 aromatic rings. The molecule has 6 heteroatoms. The Kier molecular flexibility index (Phi) is 14.7. The molecule has 1 aliphatic rings. The van der Waals surface area contributed by atoms with E-state index >= 15 is 0 Å². The number of rotatable bonds is 16. The van der Waals surface area contributed by atoms with Crippen LogP contribution in [0.5, 0.6) is 0 Å². The first-order valence-corrected chi connectivity index (χ1v) is 19.3. The second-order valence-corrected chi connectivity index (χ2v) is 16.1. The SMILES string of the molecule is CCCC(CC)C(=O)C1CCCN1C(=O)/C(SC(NC(C)(c1ccc(C)cc1)C(C)c1ccc(Br)cc1)C(C)CC)=C(/C)C(C)C. The molecule has 0 bridgehead atoms. The second-order valence-electron chi connectivity index (χ2n) is 14.0. The lowest BCUT2D eigenvalue weighted by atomic mass is 9.76. The minimum absolute atomic E-state index is 0.0258. The van der Waals surface area contributed by atoms with Crippen molar-refractivity contribution in [1.82, 2.24) is 10.2 Å². The molecule has 6 unspecified atom stereocenters. The van der Waals surface area contributed by atoms with E-state index in [1.807, 2.05) is 4.90 Å². The van der Waals surface area contributed by atoms with Crippen LogP contribution in [0.15, 0.2) is 63.5 Å². The summed E-state index contributed by atoms with van der Waals surface area (Å²) in [5.41, 5.74) is 4.40. The number of nitrogens with zero attached hydrogens (tertiary/aromatic N) is 1. The number of ketones is 1. The summed E-state index contributed by atoms with van der Waals surface area (Å²) in [5.74, 6) is 0.976. The van der Waals surface area contributed by atoms with E-state index in [1.54, 1.807) is 11.8 Å². The number of amides is 1. The molecule has 3 rings (SSSR count). The van der Waals surface area contributed by atoms with Crippen LogP contribution < -0.4 is 5.32 Å². The number of Topliss-reactive ketones (excluding diaryl/α,β-unsaturated/α-hetero) is 1. The number of carbonyl (C=O) groups excluding carboxylic acids is 2. The molecule has 0 saturated carbocycles. The summed E-state index contributed by atoms with van der Waals surface area (Å²) in [4.78, 5) is 31.1. The summed E-state index contributed by atoms with van der Waals surface area (Å²) in [5, 5.41) is 4.13. The molecule has 2 aromatic carbocycles. The molecular weight excluding hydrogens is 652 g/mol. The van der Waals surface area contributed by atoms with Gasteiger partial charge in [0.05, 0.1) is 16.3 Å². The summed E-state index contributed by atoms with van der Waals surface area (Å²) in [6, 6.07) is 17.2. The van der Waals surface area contributed by atoms with Gasteiger partial charge in [-0.15, -0.1) is 11.8 Å². The molecule has 0 radical (unpaired) electrons. The average molecular weight is 712 g/mol. The van der Waals surface area contributed by atoms with E-state index in [0.29, 0.717) is 12.5 Å². The molecule has 1 heterocycles. The van der Waals surface area contributed by atoms with Crippen molar-refractivity contribution in [3.05, 3.63) is 80.2 Å². The standard InChI is InChI=1S/C40H59BrN2O2S/c1-11-15-31(13-3)36(44)35-16-14-25-43(35)39(45)37(29(8)26(4)5)46-38(28(7)12-2)42-40(10,33-21-17-27(6)18-22-33)30(9)32-19-23-34(41)24-20-32/h17-24,26,28,30-31,35,38,42H,11-16,25H2,1-10H3/b37-29+. The van der Waals surface area contributed by atoms with E-state index in [0.717, 1.165) is 53.5 Å². The number of allylic oxidation sites excluding steroid dienone is 1. The van der Waals surface area contributed by atoms with E-state index in [2.05, 4.69) is 139 Å². The number of halogens is 1. The summed E-state index contributed by atoms with van der Waals surface area (Å²) in [6.07, 6.45) is 5.34.